The predicted octanol–water partition coefficient (Wildman–Crippen LogP) is 6.25. The SMILES string of the molecule is CCCCCCCCCCCCOc1ccc(C(=O)O)cc1F.Cl. The molecule has 1 rings (SSSR count). The molecule has 1 aromatic carbocycles. The van der Waals surface area contributed by atoms with Gasteiger partial charge in [-0.1, -0.05) is 64.7 Å². The van der Waals surface area contributed by atoms with Gasteiger partial charge in [0.2, 0.25) is 0 Å². The van der Waals surface area contributed by atoms with Crippen molar-refractivity contribution in [3.63, 3.8) is 0 Å². The lowest BCUT2D eigenvalue weighted by Crippen LogP contribution is -2.02. The lowest BCUT2D eigenvalue weighted by Gasteiger charge is -2.07. The first-order valence-electron chi connectivity index (χ1n) is 8.80. The number of unbranched alkanes of at least 4 members (excludes halogenated alkanes) is 9. The molecule has 5 heteroatoms. The molecule has 0 radical (unpaired) electrons. The maximum atomic E-state index is 13.6. The smallest absolute Gasteiger partial charge is 0.335 e. The average Bonchev–Trinajstić information content (AvgIpc) is 2.53. The van der Waals surface area contributed by atoms with Crippen molar-refractivity contribution < 1.29 is 19.0 Å². The second kappa shape index (κ2) is 14.1. The van der Waals surface area contributed by atoms with Crippen molar-refractivity contribution in [3.05, 3.63) is 29.6 Å². The molecular weight excluding hydrogens is 331 g/mol. The molecule has 0 amide bonds. The summed E-state index contributed by atoms with van der Waals surface area (Å²) in [6, 6.07) is 3.74. The first-order valence-corrected chi connectivity index (χ1v) is 8.80. The second-order valence-corrected chi connectivity index (χ2v) is 5.98. The van der Waals surface area contributed by atoms with E-state index in [1.807, 2.05) is 0 Å². The van der Waals surface area contributed by atoms with E-state index in [1.165, 1.54) is 63.5 Å². The van der Waals surface area contributed by atoms with Crippen LogP contribution in [0.25, 0.3) is 0 Å². The Hall–Kier alpha value is -1.29. The van der Waals surface area contributed by atoms with Gasteiger partial charge in [0.25, 0.3) is 0 Å². The Morgan fingerprint density at radius 3 is 2.04 bits per heavy atom. The number of hydrogen-bond donors (Lipinski definition) is 1. The minimum absolute atomic E-state index is 0. The van der Waals surface area contributed by atoms with Crippen LogP contribution in [-0.4, -0.2) is 17.7 Å². The van der Waals surface area contributed by atoms with Crippen LogP contribution in [0, 0.1) is 5.82 Å². The molecule has 138 valence electrons. The number of benzene rings is 1. The van der Waals surface area contributed by atoms with E-state index in [2.05, 4.69) is 6.92 Å². The molecule has 0 spiro atoms. The van der Waals surface area contributed by atoms with Crippen LogP contribution in [0.15, 0.2) is 18.2 Å². The molecular formula is C19H30ClFO3. The van der Waals surface area contributed by atoms with Gasteiger partial charge in [0.1, 0.15) is 0 Å². The van der Waals surface area contributed by atoms with E-state index < -0.39 is 11.8 Å². The highest BCUT2D eigenvalue weighted by molar-refractivity contribution is 5.87. The van der Waals surface area contributed by atoms with Gasteiger partial charge in [-0.15, -0.1) is 12.4 Å². The maximum Gasteiger partial charge on any atom is 0.335 e. The summed E-state index contributed by atoms with van der Waals surface area (Å²) in [6.07, 6.45) is 12.4. The Morgan fingerprint density at radius 1 is 1.00 bits per heavy atom. The zero-order chi connectivity index (χ0) is 16.9. The van der Waals surface area contributed by atoms with E-state index in [4.69, 9.17) is 9.84 Å². The van der Waals surface area contributed by atoms with Gasteiger partial charge >= 0.3 is 5.97 Å². The van der Waals surface area contributed by atoms with E-state index in [0.717, 1.165) is 18.9 Å². The third-order valence-electron chi connectivity index (χ3n) is 3.93. The fourth-order valence-electron chi connectivity index (χ4n) is 2.52. The molecule has 0 aliphatic heterocycles. The summed E-state index contributed by atoms with van der Waals surface area (Å²) in [5.74, 6) is -1.62. The monoisotopic (exact) mass is 360 g/mol. The Kier molecular flexibility index (Phi) is 13.3. The van der Waals surface area contributed by atoms with E-state index in [0.29, 0.717) is 6.61 Å². The Morgan fingerprint density at radius 2 is 1.54 bits per heavy atom. The van der Waals surface area contributed by atoms with Gasteiger partial charge in [-0.05, 0) is 24.6 Å². The molecule has 0 unspecified atom stereocenters. The Bertz CT molecular complexity index is 466. The maximum absolute atomic E-state index is 13.6. The number of carbonyl (C=O) groups is 1. The lowest BCUT2D eigenvalue weighted by atomic mass is 10.1. The fraction of sp³-hybridized carbons (Fsp3) is 0.632. The molecule has 0 saturated carbocycles. The lowest BCUT2D eigenvalue weighted by molar-refractivity contribution is 0.0696. The van der Waals surface area contributed by atoms with Gasteiger partial charge in [0.05, 0.1) is 12.2 Å². The number of ether oxygens (including phenoxy) is 1. The largest absolute Gasteiger partial charge is 0.491 e. The molecule has 1 aromatic rings. The third-order valence-corrected chi connectivity index (χ3v) is 3.93. The number of carboxylic acids is 1. The van der Waals surface area contributed by atoms with E-state index in [9.17, 15) is 9.18 Å². The summed E-state index contributed by atoms with van der Waals surface area (Å²) in [6.45, 7) is 2.70. The van der Waals surface area contributed by atoms with Crippen molar-refractivity contribution in [2.45, 2.75) is 71.1 Å². The summed E-state index contributed by atoms with van der Waals surface area (Å²) in [5.41, 5.74) is -0.0613. The number of hydrogen-bond acceptors (Lipinski definition) is 2. The summed E-state index contributed by atoms with van der Waals surface area (Å²) in [5, 5.41) is 8.77. The van der Waals surface area contributed by atoms with Crippen LogP contribution in [0.4, 0.5) is 4.39 Å². The predicted molar refractivity (Wildman–Crippen MR) is 97.9 cm³/mol. The number of halogens is 2. The van der Waals surface area contributed by atoms with E-state index >= 15 is 0 Å². The van der Waals surface area contributed by atoms with Crippen LogP contribution in [0.3, 0.4) is 0 Å². The molecule has 3 nitrogen and oxygen atoms in total. The number of carboxylic acid groups (broad SMARTS) is 1. The van der Waals surface area contributed by atoms with E-state index in [1.54, 1.807) is 0 Å². The summed E-state index contributed by atoms with van der Waals surface area (Å²) in [7, 11) is 0. The van der Waals surface area contributed by atoms with Crippen molar-refractivity contribution in [1.82, 2.24) is 0 Å². The standard InChI is InChI=1S/C19H29FO3.ClH/c1-2-3-4-5-6-7-8-9-10-11-14-23-18-13-12-16(19(21)22)15-17(18)20;/h12-13,15H,2-11,14H2,1H3,(H,21,22);1H. The minimum Gasteiger partial charge on any atom is -0.491 e. The van der Waals surface area contributed by atoms with Gasteiger partial charge < -0.3 is 9.84 Å². The van der Waals surface area contributed by atoms with Crippen LogP contribution < -0.4 is 4.74 Å². The molecule has 0 atom stereocenters. The van der Waals surface area contributed by atoms with Crippen molar-refractivity contribution in [3.8, 4) is 5.75 Å². The van der Waals surface area contributed by atoms with Crippen LogP contribution in [0.1, 0.15) is 81.5 Å². The third kappa shape index (κ3) is 9.76. The highest BCUT2D eigenvalue weighted by atomic mass is 35.5. The summed E-state index contributed by atoms with van der Waals surface area (Å²) >= 11 is 0. The van der Waals surface area contributed by atoms with E-state index in [-0.39, 0.29) is 23.7 Å². The van der Waals surface area contributed by atoms with Crippen molar-refractivity contribution in [2.24, 2.45) is 0 Å². The first kappa shape index (κ1) is 22.7. The second-order valence-electron chi connectivity index (χ2n) is 5.98. The fourth-order valence-corrected chi connectivity index (χ4v) is 2.52. The zero-order valence-electron chi connectivity index (χ0n) is 14.6. The van der Waals surface area contributed by atoms with Gasteiger partial charge in [-0.3, -0.25) is 0 Å². The summed E-state index contributed by atoms with van der Waals surface area (Å²) in [4.78, 5) is 10.7. The molecule has 0 aliphatic carbocycles. The van der Waals surface area contributed by atoms with Crippen LogP contribution in [-0.2, 0) is 0 Å². The van der Waals surface area contributed by atoms with Gasteiger partial charge in [0, 0.05) is 0 Å². The molecule has 0 aromatic heterocycles. The van der Waals surface area contributed by atoms with Crippen molar-refractivity contribution >= 4 is 18.4 Å². The topological polar surface area (TPSA) is 46.5 Å². The van der Waals surface area contributed by atoms with Crippen molar-refractivity contribution in [2.75, 3.05) is 6.61 Å². The van der Waals surface area contributed by atoms with Gasteiger partial charge in [-0.2, -0.15) is 0 Å². The highest BCUT2D eigenvalue weighted by Crippen LogP contribution is 2.19. The Labute approximate surface area is 151 Å². The van der Waals surface area contributed by atoms with Crippen molar-refractivity contribution in [1.29, 1.82) is 0 Å². The summed E-state index contributed by atoms with van der Waals surface area (Å²) < 4.78 is 19.0. The van der Waals surface area contributed by atoms with Gasteiger partial charge in [-0.25, -0.2) is 9.18 Å². The molecule has 0 saturated heterocycles. The van der Waals surface area contributed by atoms with Crippen LogP contribution >= 0.6 is 12.4 Å². The normalized spacial score (nSPS) is 10.2. The zero-order valence-corrected chi connectivity index (χ0v) is 15.4. The highest BCUT2D eigenvalue weighted by Gasteiger charge is 2.08. The van der Waals surface area contributed by atoms with Crippen LogP contribution in [0.2, 0.25) is 0 Å². The van der Waals surface area contributed by atoms with Crippen LogP contribution in [0.5, 0.6) is 5.75 Å². The first-order chi connectivity index (χ1) is 11.1. The Balaban J connectivity index is 0.00000529. The molecule has 0 fully saturated rings. The molecule has 0 aliphatic rings. The quantitative estimate of drug-likeness (QED) is 0.423. The molecule has 0 heterocycles. The molecule has 24 heavy (non-hydrogen) atoms. The number of aromatic carboxylic acids is 1. The average molecular weight is 361 g/mol. The molecule has 1 N–H and O–H groups in total. The molecule has 0 bridgehead atoms. The number of rotatable bonds is 13. The minimum atomic E-state index is -1.13. The van der Waals surface area contributed by atoms with Gasteiger partial charge in [0.15, 0.2) is 11.6 Å².